The molecule has 0 aliphatic rings. The highest BCUT2D eigenvalue weighted by Crippen LogP contribution is 2.21. The molecule has 162 valence electrons. The van der Waals surface area contributed by atoms with Crippen LogP contribution in [0.25, 0.3) is 5.69 Å². The molecule has 0 bridgehead atoms. The molecule has 2 N–H and O–H groups in total. The number of carbonyl (C=O) groups is 2. The zero-order valence-corrected chi connectivity index (χ0v) is 19.0. The van der Waals surface area contributed by atoms with Gasteiger partial charge in [0.15, 0.2) is 5.16 Å². The molecule has 0 aliphatic carbocycles. The van der Waals surface area contributed by atoms with E-state index >= 15 is 0 Å². The van der Waals surface area contributed by atoms with Crippen molar-refractivity contribution in [2.24, 2.45) is 0 Å². The number of unbranched alkanes of at least 4 members (excludes halogenated alkanes) is 1. The van der Waals surface area contributed by atoms with Crippen LogP contribution in [0.5, 0.6) is 0 Å². The minimum absolute atomic E-state index is 0.0664. The number of hydrogen-bond donors (Lipinski definition) is 2. The van der Waals surface area contributed by atoms with Gasteiger partial charge in [-0.2, -0.15) is 0 Å². The molecule has 3 aromatic rings. The molecule has 3 rings (SSSR count). The van der Waals surface area contributed by atoms with Crippen molar-refractivity contribution in [1.82, 2.24) is 14.9 Å². The molecule has 2 amide bonds. The van der Waals surface area contributed by atoms with E-state index in [9.17, 15) is 9.59 Å². The number of nitrogens with zero attached hydrogens (tertiary/aromatic N) is 2. The number of benzene rings is 2. The van der Waals surface area contributed by atoms with E-state index in [1.165, 1.54) is 11.8 Å². The normalized spacial score (nSPS) is 10.7. The first-order chi connectivity index (χ1) is 15.0. The second-order valence-electron chi connectivity index (χ2n) is 7.45. The Morgan fingerprint density at radius 1 is 1.06 bits per heavy atom. The maximum atomic E-state index is 12.4. The minimum Gasteiger partial charge on any atom is -0.352 e. The van der Waals surface area contributed by atoms with Gasteiger partial charge < -0.3 is 10.6 Å². The molecule has 6 nitrogen and oxygen atoms in total. The van der Waals surface area contributed by atoms with Crippen LogP contribution < -0.4 is 10.6 Å². The van der Waals surface area contributed by atoms with Gasteiger partial charge in [-0.1, -0.05) is 31.2 Å². The number of nitrogens with one attached hydrogen (secondary N) is 2. The highest BCUT2D eigenvalue weighted by Gasteiger charge is 2.11. The maximum Gasteiger partial charge on any atom is 0.251 e. The third-order valence-electron chi connectivity index (χ3n) is 4.67. The van der Waals surface area contributed by atoms with Gasteiger partial charge in [-0.05, 0) is 67.8 Å². The number of hydrogen-bond acceptors (Lipinski definition) is 4. The first-order valence-electron chi connectivity index (χ1n) is 10.4. The number of anilines is 1. The highest BCUT2D eigenvalue weighted by molar-refractivity contribution is 7.99. The van der Waals surface area contributed by atoms with E-state index in [0.717, 1.165) is 40.5 Å². The molecular weight excluding hydrogens is 408 g/mol. The number of rotatable bonds is 9. The number of imidazole rings is 1. The van der Waals surface area contributed by atoms with Gasteiger partial charge in [0.25, 0.3) is 5.91 Å². The average molecular weight is 437 g/mol. The Morgan fingerprint density at radius 3 is 2.45 bits per heavy atom. The SMILES string of the molecule is CCCCNC(=O)c1ccc(-n2ccnc2SCC(=O)Nc2cc(C)cc(C)c2)cc1. The molecule has 0 saturated carbocycles. The van der Waals surface area contributed by atoms with Crippen molar-refractivity contribution in [2.45, 2.75) is 38.8 Å². The summed E-state index contributed by atoms with van der Waals surface area (Å²) in [6, 6.07) is 13.4. The summed E-state index contributed by atoms with van der Waals surface area (Å²) in [4.78, 5) is 28.9. The molecule has 0 atom stereocenters. The second kappa shape index (κ2) is 10.8. The average Bonchev–Trinajstić information content (AvgIpc) is 3.20. The number of amides is 2. The summed E-state index contributed by atoms with van der Waals surface area (Å²) in [6.45, 7) is 6.79. The van der Waals surface area contributed by atoms with E-state index in [1.54, 1.807) is 18.3 Å². The molecule has 1 heterocycles. The number of aromatic nitrogens is 2. The van der Waals surface area contributed by atoms with Crippen LogP contribution in [0.1, 0.15) is 41.3 Å². The summed E-state index contributed by atoms with van der Waals surface area (Å²) in [5, 5.41) is 6.58. The quantitative estimate of drug-likeness (QED) is 0.375. The summed E-state index contributed by atoms with van der Waals surface area (Å²) in [6.07, 6.45) is 5.56. The topological polar surface area (TPSA) is 76.0 Å². The van der Waals surface area contributed by atoms with E-state index in [4.69, 9.17) is 0 Å². The molecule has 31 heavy (non-hydrogen) atoms. The molecule has 0 unspecified atom stereocenters. The second-order valence-corrected chi connectivity index (χ2v) is 8.39. The van der Waals surface area contributed by atoms with Crippen LogP contribution in [0.2, 0.25) is 0 Å². The van der Waals surface area contributed by atoms with Crippen molar-refractivity contribution in [2.75, 3.05) is 17.6 Å². The van der Waals surface area contributed by atoms with Gasteiger partial charge in [-0.15, -0.1) is 0 Å². The first kappa shape index (κ1) is 22.6. The Bertz CT molecular complexity index is 1020. The van der Waals surface area contributed by atoms with E-state index in [2.05, 4.69) is 28.6 Å². The van der Waals surface area contributed by atoms with Crippen molar-refractivity contribution >= 4 is 29.3 Å². The van der Waals surface area contributed by atoms with Crippen LogP contribution in [0.3, 0.4) is 0 Å². The first-order valence-corrected chi connectivity index (χ1v) is 11.4. The molecule has 0 saturated heterocycles. The fourth-order valence-corrected chi connectivity index (χ4v) is 3.99. The summed E-state index contributed by atoms with van der Waals surface area (Å²) >= 11 is 1.37. The van der Waals surface area contributed by atoms with Gasteiger partial charge in [0.2, 0.25) is 5.91 Å². The zero-order valence-electron chi connectivity index (χ0n) is 18.1. The predicted molar refractivity (Wildman–Crippen MR) is 126 cm³/mol. The van der Waals surface area contributed by atoms with Gasteiger partial charge in [0, 0.05) is 35.9 Å². The number of carbonyl (C=O) groups excluding carboxylic acids is 2. The van der Waals surface area contributed by atoms with E-state index in [-0.39, 0.29) is 17.6 Å². The Hall–Kier alpha value is -3.06. The molecule has 7 heteroatoms. The van der Waals surface area contributed by atoms with Crippen LogP contribution in [0.15, 0.2) is 60.0 Å². The van der Waals surface area contributed by atoms with Crippen molar-refractivity contribution in [3.05, 3.63) is 71.5 Å². The predicted octanol–water partition coefficient (Wildman–Crippen LogP) is 4.75. The Morgan fingerprint density at radius 2 is 1.77 bits per heavy atom. The summed E-state index contributed by atoms with van der Waals surface area (Å²) in [5.74, 6) is 0.106. The third kappa shape index (κ3) is 6.46. The van der Waals surface area contributed by atoms with Crippen LogP contribution in [-0.2, 0) is 4.79 Å². The fraction of sp³-hybridized carbons (Fsp3) is 0.292. The van der Waals surface area contributed by atoms with Crippen molar-refractivity contribution in [3.8, 4) is 5.69 Å². The highest BCUT2D eigenvalue weighted by atomic mass is 32.2. The summed E-state index contributed by atoms with van der Waals surface area (Å²) < 4.78 is 1.91. The molecular formula is C24H28N4O2S. The summed E-state index contributed by atoms with van der Waals surface area (Å²) in [7, 11) is 0. The molecule has 0 radical (unpaired) electrons. The van der Waals surface area contributed by atoms with Crippen LogP contribution >= 0.6 is 11.8 Å². The molecule has 1 aromatic heterocycles. The zero-order chi connectivity index (χ0) is 22.2. The largest absolute Gasteiger partial charge is 0.352 e. The van der Waals surface area contributed by atoms with Crippen LogP contribution in [0, 0.1) is 13.8 Å². The van der Waals surface area contributed by atoms with E-state index in [0.29, 0.717) is 12.1 Å². The lowest BCUT2D eigenvalue weighted by Gasteiger charge is -2.10. The van der Waals surface area contributed by atoms with Crippen molar-refractivity contribution in [1.29, 1.82) is 0 Å². The van der Waals surface area contributed by atoms with E-state index < -0.39 is 0 Å². The fourth-order valence-electron chi connectivity index (χ4n) is 3.22. The van der Waals surface area contributed by atoms with E-state index in [1.807, 2.05) is 48.9 Å². The summed E-state index contributed by atoms with van der Waals surface area (Å²) in [5.41, 5.74) is 4.54. The van der Waals surface area contributed by atoms with Crippen LogP contribution in [0.4, 0.5) is 5.69 Å². The number of thioether (sulfide) groups is 1. The maximum absolute atomic E-state index is 12.4. The Kier molecular flexibility index (Phi) is 7.89. The monoisotopic (exact) mass is 436 g/mol. The molecule has 0 spiro atoms. The Labute approximate surface area is 187 Å². The van der Waals surface area contributed by atoms with Crippen molar-refractivity contribution < 1.29 is 9.59 Å². The van der Waals surface area contributed by atoms with Crippen LogP contribution in [-0.4, -0.2) is 33.7 Å². The third-order valence-corrected chi connectivity index (χ3v) is 5.63. The molecule has 0 aliphatic heterocycles. The van der Waals surface area contributed by atoms with Crippen molar-refractivity contribution in [3.63, 3.8) is 0 Å². The Balaban J connectivity index is 1.60. The lowest BCUT2D eigenvalue weighted by molar-refractivity contribution is -0.113. The van der Waals surface area contributed by atoms with Gasteiger partial charge in [0.05, 0.1) is 5.75 Å². The lowest BCUT2D eigenvalue weighted by Crippen LogP contribution is -2.24. The smallest absolute Gasteiger partial charge is 0.251 e. The molecule has 2 aromatic carbocycles. The number of aryl methyl sites for hydroxylation is 2. The molecule has 0 fully saturated rings. The van der Waals surface area contributed by atoms with Gasteiger partial charge >= 0.3 is 0 Å². The van der Waals surface area contributed by atoms with Gasteiger partial charge in [-0.3, -0.25) is 14.2 Å². The standard InChI is InChI=1S/C24H28N4O2S/c1-4-5-10-25-23(30)19-6-8-21(9-7-19)28-12-11-26-24(28)31-16-22(29)27-20-14-17(2)13-18(3)15-20/h6-9,11-15H,4-5,10,16H2,1-3H3,(H,25,30)(H,27,29). The van der Waals surface area contributed by atoms with Gasteiger partial charge in [-0.25, -0.2) is 4.98 Å². The van der Waals surface area contributed by atoms with Gasteiger partial charge in [0.1, 0.15) is 0 Å². The lowest BCUT2D eigenvalue weighted by atomic mass is 10.1. The minimum atomic E-state index is -0.0800.